The van der Waals surface area contributed by atoms with Crippen molar-refractivity contribution in [3.63, 3.8) is 0 Å². The molecule has 0 N–H and O–H groups in total. The first-order valence-electron chi connectivity index (χ1n) is 4.24. The zero-order valence-electron chi connectivity index (χ0n) is 8.58. The molecule has 0 spiro atoms. The lowest BCUT2D eigenvalue weighted by molar-refractivity contribution is -0.272. The van der Waals surface area contributed by atoms with E-state index in [0.717, 1.165) is 0 Å². The topological polar surface area (TPSA) is 54.0 Å². The third kappa shape index (κ3) is 7.72. The summed E-state index contributed by atoms with van der Waals surface area (Å²) in [6.45, 7) is 6.51. The van der Waals surface area contributed by atoms with Gasteiger partial charge in [-0.1, -0.05) is 6.58 Å². The maximum Gasteiger partial charge on any atom is 0.368 e. The molecule has 0 amide bonds. The van der Waals surface area contributed by atoms with Gasteiger partial charge in [0, 0.05) is 12.7 Å². The molecular weight excluding hydrogens is 188 g/mol. The van der Waals surface area contributed by atoms with E-state index >= 15 is 0 Å². The molecule has 0 radical (unpaired) electrons. The highest BCUT2D eigenvalue weighted by molar-refractivity contribution is 5.86. The zero-order valence-corrected chi connectivity index (χ0v) is 8.58. The van der Waals surface area contributed by atoms with Crippen LogP contribution in [0, 0.1) is 0 Å². The van der Waals surface area contributed by atoms with Crippen molar-refractivity contribution in [3.8, 4) is 0 Å². The fraction of sp³-hybridized carbons (Fsp3) is 0.667. The van der Waals surface area contributed by atoms with Crippen LogP contribution in [0.5, 0.6) is 0 Å². The van der Waals surface area contributed by atoms with E-state index in [1.54, 1.807) is 14.0 Å². The Morgan fingerprint density at radius 2 is 1.86 bits per heavy atom. The molecule has 14 heavy (non-hydrogen) atoms. The highest BCUT2D eigenvalue weighted by Gasteiger charge is 2.03. The van der Waals surface area contributed by atoms with Crippen LogP contribution in [0.25, 0.3) is 0 Å². The fourth-order valence-corrected chi connectivity index (χ4v) is 0.504. The molecule has 0 fully saturated rings. The zero-order chi connectivity index (χ0) is 10.8. The quantitative estimate of drug-likeness (QED) is 0.252. The number of methoxy groups -OCH3 is 1. The standard InChI is InChI=1S/C9H16O5/c1-8(2)9(10)14-13-7-6-12-5-4-11-3/h1,4-7H2,2-3H3. The van der Waals surface area contributed by atoms with E-state index in [-0.39, 0.29) is 6.61 Å². The molecule has 0 aromatic heterocycles. The molecule has 0 aromatic rings. The van der Waals surface area contributed by atoms with Gasteiger partial charge in [0.25, 0.3) is 0 Å². The van der Waals surface area contributed by atoms with Crippen molar-refractivity contribution < 1.29 is 24.0 Å². The van der Waals surface area contributed by atoms with Crippen molar-refractivity contribution in [2.75, 3.05) is 33.5 Å². The van der Waals surface area contributed by atoms with Gasteiger partial charge in [-0.2, -0.15) is 4.89 Å². The number of carbonyl (C=O) groups is 1. The van der Waals surface area contributed by atoms with E-state index in [2.05, 4.69) is 16.4 Å². The SMILES string of the molecule is C=C(C)C(=O)OOCCOCCOC. The highest BCUT2D eigenvalue weighted by Crippen LogP contribution is 1.92. The fourth-order valence-electron chi connectivity index (χ4n) is 0.504. The van der Waals surface area contributed by atoms with Gasteiger partial charge in [-0.3, -0.25) is 4.89 Å². The molecule has 0 aromatic carbocycles. The van der Waals surface area contributed by atoms with Gasteiger partial charge in [0.15, 0.2) is 0 Å². The number of carbonyl (C=O) groups excluding carboxylic acids is 1. The summed E-state index contributed by atoms with van der Waals surface area (Å²) in [6.07, 6.45) is 0. The first-order valence-corrected chi connectivity index (χ1v) is 4.24. The van der Waals surface area contributed by atoms with Gasteiger partial charge in [-0.05, 0) is 6.92 Å². The molecule has 0 aliphatic heterocycles. The second kappa shape index (κ2) is 8.68. The second-order valence-electron chi connectivity index (χ2n) is 2.58. The van der Waals surface area contributed by atoms with Crippen LogP contribution < -0.4 is 0 Å². The molecule has 0 saturated heterocycles. The Labute approximate surface area is 83.5 Å². The summed E-state index contributed by atoms with van der Waals surface area (Å²) >= 11 is 0. The van der Waals surface area contributed by atoms with E-state index in [1.165, 1.54) is 0 Å². The third-order valence-electron chi connectivity index (χ3n) is 1.23. The van der Waals surface area contributed by atoms with Crippen LogP contribution in [0.15, 0.2) is 12.2 Å². The second-order valence-corrected chi connectivity index (χ2v) is 2.58. The van der Waals surface area contributed by atoms with Crippen molar-refractivity contribution in [1.29, 1.82) is 0 Å². The molecule has 82 valence electrons. The molecule has 5 nitrogen and oxygen atoms in total. The van der Waals surface area contributed by atoms with Crippen LogP contribution in [0.4, 0.5) is 0 Å². The Kier molecular flexibility index (Phi) is 8.11. The van der Waals surface area contributed by atoms with Gasteiger partial charge in [0.2, 0.25) is 0 Å². The molecule has 0 atom stereocenters. The normalized spacial score (nSPS) is 9.86. The lowest BCUT2D eigenvalue weighted by atomic mass is 10.4. The largest absolute Gasteiger partial charge is 0.382 e. The Balaban J connectivity index is 3.13. The molecule has 0 aliphatic carbocycles. The lowest BCUT2D eigenvalue weighted by Gasteiger charge is -2.04. The summed E-state index contributed by atoms with van der Waals surface area (Å²) < 4.78 is 9.81. The van der Waals surface area contributed by atoms with Crippen molar-refractivity contribution >= 4 is 5.97 Å². The van der Waals surface area contributed by atoms with Gasteiger partial charge in [0.05, 0.1) is 19.8 Å². The van der Waals surface area contributed by atoms with Crippen LogP contribution >= 0.6 is 0 Å². The number of hydrogen-bond acceptors (Lipinski definition) is 5. The van der Waals surface area contributed by atoms with Crippen LogP contribution in [0.1, 0.15) is 6.92 Å². The first-order chi connectivity index (χ1) is 6.68. The molecule has 0 aliphatic rings. The van der Waals surface area contributed by atoms with E-state index in [1.807, 2.05) is 0 Å². The molecule has 5 heteroatoms. The maximum absolute atomic E-state index is 10.8. The average Bonchev–Trinajstić information content (AvgIpc) is 2.16. The molecule has 0 heterocycles. The van der Waals surface area contributed by atoms with E-state index in [0.29, 0.717) is 25.4 Å². The van der Waals surface area contributed by atoms with Gasteiger partial charge in [-0.25, -0.2) is 4.79 Å². The summed E-state index contributed by atoms with van der Waals surface area (Å²) in [6, 6.07) is 0. The monoisotopic (exact) mass is 204 g/mol. The van der Waals surface area contributed by atoms with Gasteiger partial charge in [0.1, 0.15) is 6.61 Å². The molecule has 0 rings (SSSR count). The predicted octanol–water partition coefficient (Wildman–Crippen LogP) is 0.700. The Bertz CT molecular complexity index is 178. The Morgan fingerprint density at radius 3 is 2.43 bits per heavy atom. The minimum absolute atomic E-state index is 0.197. The van der Waals surface area contributed by atoms with E-state index < -0.39 is 5.97 Å². The van der Waals surface area contributed by atoms with Gasteiger partial charge in [-0.15, -0.1) is 0 Å². The van der Waals surface area contributed by atoms with Crippen LogP contribution in [0.3, 0.4) is 0 Å². The minimum Gasteiger partial charge on any atom is -0.382 e. The maximum atomic E-state index is 10.8. The average molecular weight is 204 g/mol. The Morgan fingerprint density at radius 1 is 1.21 bits per heavy atom. The molecule has 0 bridgehead atoms. The predicted molar refractivity (Wildman–Crippen MR) is 49.6 cm³/mol. The minimum atomic E-state index is -0.568. The van der Waals surface area contributed by atoms with Crippen molar-refractivity contribution in [3.05, 3.63) is 12.2 Å². The number of rotatable bonds is 8. The van der Waals surface area contributed by atoms with Crippen molar-refractivity contribution in [1.82, 2.24) is 0 Å². The first kappa shape index (κ1) is 13.1. The molecule has 0 saturated carbocycles. The molecular formula is C9H16O5. The van der Waals surface area contributed by atoms with Crippen LogP contribution in [-0.4, -0.2) is 39.5 Å². The van der Waals surface area contributed by atoms with Crippen LogP contribution in [0.2, 0.25) is 0 Å². The van der Waals surface area contributed by atoms with Gasteiger partial charge >= 0.3 is 5.97 Å². The van der Waals surface area contributed by atoms with Crippen LogP contribution in [-0.2, 0) is 24.0 Å². The smallest absolute Gasteiger partial charge is 0.368 e. The highest BCUT2D eigenvalue weighted by atomic mass is 17.2. The van der Waals surface area contributed by atoms with Crippen molar-refractivity contribution in [2.45, 2.75) is 6.92 Å². The summed E-state index contributed by atoms with van der Waals surface area (Å²) in [4.78, 5) is 19.7. The molecule has 0 unspecified atom stereocenters. The third-order valence-corrected chi connectivity index (χ3v) is 1.23. The van der Waals surface area contributed by atoms with Gasteiger partial charge < -0.3 is 9.47 Å². The van der Waals surface area contributed by atoms with Crippen molar-refractivity contribution in [2.24, 2.45) is 0 Å². The Hall–Kier alpha value is -0.910. The lowest BCUT2D eigenvalue weighted by Crippen LogP contribution is -2.11. The summed E-state index contributed by atoms with van der Waals surface area (Å²) in [5, 5.41) is 0. The summed E-state index contributed by atoms with van der Waals surface area (Å²) in [5.74, 6) is -0.568. The summed E-state index contributed by atoms with van der Waals surface area (Å²) in [7, 11) is 1.59. The number of hydrogen-bond donors (Lipinski definition) is 0. The van der Waals surface area contributed by atoms with E-state index in [4.69, 9.17) is 9.47 Å². The van der Waals surface area contributed by atoms with E-state index in [9.17, 15) is 4.79 Å². The summed E-state index contributed by atoms with van der Waals surface area (Å²) in [5.41, 5.74) is 0.297. The number of ether oxygens (including phenoxy) is 2.